The smallest absolute Gasteiger partial charge is 0.333 e. The van der Waals surface area contributed by atoms with Crippen LogP contribution >= 0.6 is 11.3 Å². The lowest BCUT2D eigenvalue weighted by Gasteiger charge is -2.11. The van der Waals surface area contributed by atoms with E-state index in [2.05, 4.69) is 15.0 Å². The van der Waals surface area contributed by atoms with Crippen molar-refractivity contribution >= 4 is 28.4 Å². The average Bonchev–Trinajstić information content (AvgIpc) is 3.33. The zero-order valence-corrected chi connectivity index (χ0v) is 15.7. The van der Waals surface area contributed by atoms with Gasteiger partial charge in [0.1, 0.15) is 22.0 Å². The monoisotopic (exact) mass is 397 g/mol. The van der Waals surface area contributed by atoms with Crippen molar-refractivity contribution in [1.82, 2.24) is 19.5 Å². The van der Waals surface area contributed by atoms with Gasteiger partial charge in [-0.05, 0) is 35.7 Å². The summed E-state index contributed by atoms with van der Waals surface area (Å²) in [6.07, 6.45) is 0. The van der Waals surface area contributed by atoms with E-state index >= 15 is 0 Å². The zero-order chi connectivity index (χ0) is 19.8. The number of carbonyl (C=O) groups excluding carboxylic acids is 1. The van der Waals surface area contributed by atoms with Crippen molar-refractivity contribution in [2.45, 2.75) is 0 Å². The van der Waals surface area contributed by atoms with Crippen LogP contribution < -0.4 is 20.9 Å². The van der Waals surface area contributed by atoms with Crippen LogP contribution in [0.5, 0.6) is 11.5 Å². The predicted octanol–water partition coefficient (Wildman–Crippen LogP) is 1.95. The SMILES string of the molecule is COc1ccc(OC)c(-c2nc(C(N)=O)c3[nH]c(=O)n(-c4cccs4)c3n2)c1. The molecule has 0 bridgehead atoms. The minimum Gasteiger partial charge on any atom is -0.497 e. The highest BCUT2D eigenvalue weighted by Gasteiger charge is 2.22. The molecule has 0 aliphatic heterocycles. The molecule has 142 valence electrons. The summed E-state index contributed by atoms with van der Waals surface area (Å²) in [7, 11) is 3.04. The zero-order valence-electron chi connectivity index (χ0n) is 14.9. The third-order valence-electron chi connectivity index (χ3n) is 4.14. The van der Waals surface area contributed by atoms with Gasteiger partial charge in [0, 0.05) is 0 Å². The largest absolute Gasteiger partial charge is 0.497 e. The first-order valence-electron chi connectivity index (χ1n) is 8.12. The number of rotatable bonds is 5. The van der Waals surface area contributed by atoms with E-state index in [1.807, 2.05) is 11.4 Å². The van der Waals surface area contributed by atoms with Crippen molar-refractivity contribution in [1.29, 1.82) is 0 Å². The number of ether oxygens (including phenoxy) is 2. The van der Waals surface area contributed by atoms with E-state index in [9.17, 15) is 9.59 Å². The minimum absolute atomic E-state index is 0.0859. The molecule has 0 atom stereocenters. The van der Waals surface area contributed by atoms with Crippen LogP contribution in [0.25, 0.3) is 27.6 Å². The number of imidazole rings is 1. The van der Waals surface area contributed by atoms with Crippen LogP contribution in [-0.2, 0) is 0 Å². The highest BCUT2D eigenvalue weighted by atomic mass is 32.1. The van der Waals surface area contributed by atoms with Crippen molar-refractivity contribution < 1.29 is 14.3 Å². The summed E-state index contributed by atoms with van der Waals surface area (Å²) in [5.41, 5.74) is 5.91. The lowest BCUT2D eigenvalue weighted by atomic mass is 10.1. The molecule has 0 spiro atoms. The number of amides is 1. The van der Waals surface area contributed by atoms with Crippen molar-refractivity contribution in [3.05, 3.63) is 51.9 Å². The summed E-state index contributed by atoms with van der Waals surface area (Å²) in [5.74, 6) is 0.442. The first-order valence-corrected chi connectivity index (χ1v) is 9.00. The van der Waals surface area contributed by atoms with Gasteiger partial charge in [-0.3, -0.25) is 4.79 Å². The highest BCUT2D eigenvalue weighted by Crippen LogP contribution is 2.32. The lowest BCUT2D eigenvalue weighted by molar-refractivity contribution is 0.0997. The van der Waals surface area contributed by atoms with Gasteiger partial charge in [-0.15, -0.1) is 11.3 Å². The Morgan fingerprint density at radius 2 is 2.04 bits per heavy atom. The van der Waals surface area contributed by atoms with Crippen LogP contribution in [-0.4, -0.2) is 39.6 Å². The molecule has 1 amide bonds. The topological polar surface area (TPSA) is 125 Å². The standard InChI is InChI=1S/C18H15N5O4S/c1-26-9-5-6-11(27-2)10(8-9)16-20-13(15(19)24)14-17(22-16)23(18(25)21-14)12-4-3-7-28-12/h3-8H,1-2H3,(H2,19,24)(H,21,25). The Kier molecular flexibility index (Phi) is 4.32. The fourth-order valence-corrected chi connectivity index (χ4v) is 3.60. The number of nitrogens with two attached hydrogens (primary N) is 1. The number of H-pyrrole nitrogens is 1. The Bertz CT molecular complexity index is 1240. The van der Waals surface area contributed by atoms with Gasteiger partial charge in [0.15, 0.2) is 17.2 Å². The fraction of sp³-hybridized carbons (Fsp3) is 0.111. The maximum atomic E-state index is 12.5. The maximum Gasteiger partial charge on any atom is 0.333 e. The average molecular weight is 397 g/mol. The van der Waals surface area contributed by atoms with E-state index < -0.39 is 11.6 Å². The molecule has 4 aromatic rings. The molecule has 28 heavy (non-hydrogen) atoms. The normalized spacial score (nSPS) is 10.9. The highest BCUT2D eigenvalue weighted by molar-refractivity contribution is 7.12. The Balaban J connectivity index is 2.08. The maximum absolute atomic E-state index is 12.5. The third kappa shape index (κ3) is 2.79. The summed E-state index contributed by atoms with van der Waals surface area (Å²) in [6, 6.07) is 8.71. The van der Waals surface area contributed by atoms with Gasteiger partial charge in [-0.2, -0.15) is 0 Å². The van der Waals surface area contributed by atoms with Crippen LogP contribution in [0.4, 0.5) is 0 Å². The molecule has 1 aromatic carbocycles. The number of thiophene rings is 1. The summed E-state index contributed by atoms with van der Waals surface area (Å²) >= 11 is 1.36. The number of primary amides is 1. The second kappa shape index (κ2) is 6.82. The number of hydrogen-bond donors (Lipinski definition) is 2. The van der Waals surface area contributed by atoms with Crippen LogP contribution in [0.3, 0.4) is 0 Å². The van der Waals surface area contributed by atoms with Crippen molar-refractivity contribution in [3.8, 4) is 27.9 Å². The molecule has 0 unspecified atom stereocenters. The summed E-state index contributed by atoms with van der Waals surface area (Å²) in [6.45, 7) is 0. The lowest BCUT2D eigenvalue weighted by Crippen LogP contribution is -2.15. The molecule has 9 nitrogen and oxygen atoms in total. The first kappa shape index (κ1) is 17.7. The van der Waals surface area contributed by atoms with E-state index in [1.165, 1.54) is 30.1 Å². The Hall–Kier alpha value is -3.66. The van der Waals surface area contributed by atoms with Crippen molar-refractivity contribution in [2.24, 2.45) is 5.73 Å². The van der Waals surface area contributed by atoms with Crippen LogP contribution in [0, 0.1) is 0 Å². The van der Waals surface area contributed by atoms with Gasteiger partial charge in [0.05, 0.1) is 19.8 Å². The molecular formula is C18H15N5O4S. The van der Waals surface area contributed by atoms with E-state index in [0.29, 0.717) is 22.1 Å². The Morgan fingerprint density at radius 1 is 1.21 bits per heavy atom. The third-order valence-corrected chi connectivity index (χ3v) is 5.00. The number of aromatic nitrogens is 4. The van der Waals surface area contributed by atoms with Crippen LogP contribution in [0.2, 0.25) is 0 Å². The van der Waals surface area contributed by atoms with Gasteiger partial charge in [-0.1, -0.05) is 0 Å². The first-order chi connectivity index (χ1) is 13.5. The molecule has 3 heterocycles. The molecule has 0 aliphatic carbocycles. The van der Waals surface area contributed by atoms with Crippen LogP contribution in [0.15, 0.2) is 40.5 Å². The number of aromatic amines is 1. The van der Waals surface area contributed by atoms with E-state index in [1.54, 1.807) is 24.3 Å². The molecule has 0 radical (unpaired) electrons. The van der Waals surface area contributed by atoms with E-state index in [4.69, 9.17) is 15.2 Å². The number of nitrogens with zero attached hydrogens (tertiary/aromatic N) is 3. The molecule has 0 fully saturated rings. The summed E-state index contributed by atoms with van der Waals surface area (Å²) < 4.78 is 12.0. The number of fused-ring (bicyclic) bond motifs is 1. The molecule has 0 saturated heterocycles. The molecule has 4 rings (SSSR count). The summed E-state index contributed by atoms with van der Waals surface area (Å²) in [5, 5.41) is 2.48. The second-order valence-electron chi connectivity index (χ2n) is 5.74. The van der Waals surface area contributed by atoms with E-state index in [-0.39, 0.29) is 22.7 Å². The number of methoxy groups -OCH3 is 2. The van der Waals surface area contributed by atoms with Gasteiger partial charge < -0.3 is 20.2 Å². The number of benzene rings is 1. The molecule has 3 aromatic heterocycles. The fourth-order valence-electron chi connectivity index (χ4n) is 2.87. The number of carbonyl (C=O) groups is 1. The Labute approximate surface area is 162 Å². The molecule has 10 heteroatoms. The van der Waals surface area contributed by atoms with Gasteiger partial charge in [0.25, 0.3) is 5.91 Å². The van der Waals surface area contributed by atoms with Crippen LogP contribution in [0.1, 0.15) is 10.5 Å². The van der Waals surface area contributed by atoms with Gasteiger partial charge in [0.2, 0.25) is 0 Å². The van der Waals surface area contributed by atoms with Gasteiger partial charge >= 0.3 is 5.69 Å². The number of nitrogens with one attached hydrogen (secondary N) is 1. The van der Waals surface area contributed by atoms with Crippen molar-refractivity contribution in [3.63, 3.8) is 0 Å². The minimum atomic E-state index is -0.782. The molecule has 3 N–H and O–H groups in total. The quantitative estimate of drug-likeness (QED) is 0.530. The van der Waals surface area contributed by atoms with E-state index in [0.717, 1.165) is 0 Å². The Morgan fingerprint density at radius 3 is 2.68 bits per heavy atom. The van der Waals surface area contributed by atoms with Crippen molar-refractivity contribution in [2.75, 3.05) is 14.2 Å². The summed E-state index contributed by atoms with van der Waals surface area (Å²) in [4.78, 5) is 36.0. The van der Waals surface area contributed by atoms with Gasteiger partial charge in [-0.25, -0.2) is 19.3 Å². The molecule has 0 aliphatic rings. The molecule has 0 saturated carbocycles. The number of hydrogen-bond acceptors (Lipinski definition) is 7. The predicted molar refractivity (Wildman–Crippen MR) is 104 cm³/mol. The molecular weight excluding hydrogens is 382 g/mol. The second-order valence-corrected chi connectivity index (χ2v) is 6.67.